The molecule has 144 valence electrons. The largest absolute Gasteiger partial charge is 0.277 e. The molecule has 0 atom stereocenters. The minimum Gasteiger partial charge on any atom is -0.267 e. The highest BCUT2D eigenvalue weighted by atomic mass is 16.6. The van der Waals surface area contributed by atoms with Crippen LogP contribution >= 0.6 is 0 Å². The fourth-order valence-electron chi connectivity index (χ4n) is 2.56. The molecule has 3 aromatic carbocycles. The van der Waals surface area contributed by atoms with Gasteiger partial charge in [0.05, 0.1) is 27.7 Å². The second-order valence-corrected chi connectivity index (χ2v) is 5.94. The summed E-state index contributed by atoms with van der Waals surface area (Å²) < 4.78 is 0. The smallest absolute Gasteiger partial charge is 0.267 e. The number of rotatable bonds is 6. The number of non-ortho nitro benzene ring substituents is 2. The third-order valence-corrected chi connectivity index (χ3v) is 3.98. The van der Waals surface area contributed by atoms with Crippen molar-refractivity contribution in [2.75, 3.05) is 0 Å². The van der Waals surface area contributed by atoms with E-state index in [-0.39, 0.29) is 5.56 Å². The van der Waals surface area contributed by atoms with Crippen molar-refractivity contribution in [1.29, 1.82) is 0 Å². The number of carbonyl (C=O) groups excluding carboxylic acids is 1. The van der Waals surface area contributed by atoms with Crippen molar-refractivity contribution >= 4 is 23.5 Å². The Hall–Kier alpha value is -4.40. The molecular formula is C20H14N4O5. The molecule has 3 aromatic rings. The zero-order valence-electron chi connectivity index (χ0n) is 14.9. The van der Waals surface area contributed by atoms with E-state index in [0.717, 1.165) is 34.9 Å². The predicted octanol–water partition coefficient (Wildman–Crippen LogP) is 3.93. The molecule has 0 saturated heterocycles. The summed E-state index contributed by atoms with van der Waals surface area (Å²) in [4.78, 5) is 32.3. The lowest BCUT2D eigenvalue weighted by molar-refractivity contribution is -0.394. The number of benzene rings is 3. The molecule has 0 fully saturated rings. The van der Waals surface area contributed by atoms with E-state index in [2.05, 4.69) is 10.5 Å². The average Bonchev–Trinajstić information content (AvgIpc) is 2.74. The first kappa shape index (κ1) is 19.4. The third-order valence-electron chi connectivity index (χ3n) is 3.98. The van der Waals surface area contributed by atoms with E-state index in [1.807, 2.05) is 54.6 Å². The summed E-state index contributed by atoms with van der Waals surface area (Å²) in [5.41, 5.74) is 3.68. The van der Waals surface area contributed by atoms with Gasteiger partial charge in [0.25, 0.3) is 17.3 Å². The SMILES string of the molecule is O=C(N/N=C\c1ccc(-c2ccccc2)cc1)c1cc([N+](=O)[O-])cc([N+](=O)[O-])c1. The van der Waals surface area contributed by atoms with Gasteiger partial charge in [-0.25, -0.2) is 5.43 Å². The van der Waals surface area contributed by atoms with Crippen LogP contribution in [-0.2, 0) is 0 Å². The molecule has 0 radical (unpaired) electrons. The zero-order valence-corrected chi connectivity index (χ0v) is 14.9. The van der Waals surface area contributed by atoms with Gasteiger partial charge < -0.3 is 0 Å². The Labute approximate surface area is 164 Å². The van der Waals surface area contributed by atoms with E-state index in [9.17, 15) is 25.0 Å². The summed E-state index contributed by atoms with van der Waals surface area (Å²) in [6.07, 6.45) is 1.40. The van der Waals surface area contributed by atoms with Crippen molar-refractivity contribution in [2.24, 2.45) is 5.10 Å². The van der Waals surface area contributed by atoms with Gasteiger partial charge in [0.15, 0.2) is 0 Å². The van der Waals surface area contributed by atoms with E-state index < -0.39 is 27.1 Å². The molecular weight excluding hydrogens is 376 g/mol. The van der Waals surface area contributed by atoms with Crippen molar-refractivity contribution in [3.8, 4) is 11.1 Å². The molecule has 1 amide bonds. The molecule has 0 heterocycles. The van der Waals surface area contributed by atoms with Gasteiger partial charge in [-0.05, 0) is 16.7 Å². The summed E-state index contributed by atoms with van der Waals surface area (Å²) in [6, 6.07) is 19.9. The van der Waals surface area contributed by atoms with Crippen LogP contribution in [0.3, 0.4) is 0 Å². The molecule has 3 rings (SSSR count). The quantitative estimate of drug-likeness (QED) is 0.387. The van der Waals surface area contributed by atoms with Gasteiger partial charge in [0.1, 0.15) is 0 Å². The van der Waals surface area contributed by atoms with Crippen LogP contribution in [0.5, 0.6) is 0 Å². The standard InChI is InChI=1S/C20H14N4O5/c25-20(17-10-18(23(26)27)12-19(11-17)24(28)29)22-21-13-14-6-8-16(9-7-14)15-4-2-1-3-5-15/h1-13H,(H,22,25)/b21-13-. The molecule has 29 heavy (non-hydrogen) atoms. The number of hydrogen-bond donors (Lipinski definition) is 1. The van der Waals surface area contributed by atoms with Crippen LogP contribution < -0.4 is 5.43 Å². The van der Waals surface area contributed by atoms with Crippen molar-refractivity contribution in [3.63, 3.8) is 0 Å². The van der Waals surface area contributed by atoms with Gasteiger partial charge in [0, 0.05) is 12.1 Å². The first-order chi connectivity index (χ1) is 13.9. The Morgan fingerprint density at radius 3 is 1.93 bits per heavy atom. The average molecular weight is 390 g/mol. The highest BCUT2D eigenvalue weighted by Gasteiger charge is 2.19. The lowest BCUT2D eigenvalue weighted by atomic mass is 10.0. The summed E-state index contributed by atoms with van der Waals surface area (Å²) >= 11 is 0. The van der Waals surface area contributed by atoms with Gasteiger partial charge >= 0.3 is 0 Å². The molecule has 9 nitrogen and oxygen atoms in total. The van der Waals surface area contributed by atoms with Crippen molar-refractivity contribution in [1.82, 2.24) is 5.43 Å². The van der Waals surface area contributed by atoms with Crippen molar-refractivity contribution < 1.29 is 14.6 Å². The highest BCUT2D eigenvalue weighted by molar-refractivity contribution is 5.96. The minimum absolute atomic E-state index is 0.234. The Bertz CT molecular complexity index is 1060. The Morgan fingerprint density at radius 2 is 1.38 bits per heavy atom. The maximum absolute atomic E-state index is 12.2. The Morgan fingerprint density at radius 1 is 0.828 bits per heavy atom. The number of nitro benzene ring substituents is 2. The van der Waals surface area contributed by atoms with Gasteiger partial charge in [-0.15, -0.1) is 0 Å². The topological polar surface area (TPSA) is 128 Å². The summed E-state index contributed by atoms with van der Waals surface area (Å²) in [7, 11) is 0. The van der Waals surface area contributed by atoms with E-state index in [4.69, 9.17) is 0 Å². The molecule has 0 aliphatic heterocycles. The maximum atomic E-state index is 12.2. The summed E-state index contributed by atoms with van der Waals surface area (Å²) in [5, 5.41) is 25.6. The van der Waals surface area contributed by atoms with E-state index >= 15 is 0 Å². The van der Waals surface area contributed by atoms with Crippen molar-refractivity contribution in [3.05, 3.63) is 104 Å². The first-order valence-corrected chi connectivity index (χ1v) is 8.37. The number of hydrazone groups is 1. The zero-order chi connectivity index (χ0) is 20.8. The van der Waals surface area contributed by atoms with Gasteiger partial charge in [0.2, 0.25) is 0 Å². The van der Waals surface area contributed by atoms with Crippen LogP contribution in [0.1, 0.15) is 15.9 Å². The van der Waals surface area contributed by atoms with Gasteiger partial charge in [-0.2, -0.15) is 5.10 Å². The van der Waals surface area contributed by atoms with Crippen molar-refractivity contribution in [2.45, 2.75) is 0 Å². The normalized spacial score (nSPS) is 10.6. The fourth-order valence-corrected chi connectivity index (χ4v) is 2.56. The lowest BCUT2D eigenvalue weighted by Gasteiger charge is -2.02. The lowest BCUT2D eigenvalue weighted by Crippen LogP contribution is -2.18. The van der Waals surface area contributed by atoms with E-state index in [0.29, 0.717) is 0 Å². The maximum Gasteiger partial charge on any atom is 0.277 e. The van der Waals surface area contributed by atoms with Gasteiger partial charge in [-0.1, -0.05) is 54.6 Å². The number of nitrogens with one attached hydrogen (secondary N) is 1. The first-order valence-electron chi connectivity index (χ1n) is 8.37. The van der Waals surface area contributed by atoms with Crippen LogP contribution in [0.2, 0.25) is 0 Å². The highest BCUT2D eigenvalue weighted by Crippen LogP contribution is 2.22. The Balaban J connectivity index is 1.71. The molecule has 1 N–H and O–H groups in total. The molecule has 0 aliphatic rings. The second-order valence-electron chi connectivity index (χ2n) is 5.94. The van der Waals surface area contributed by atoms with Crippen LogP contribution in [0.25, 0.3) is 11.1 Å². The number of hydrogen-bond acceptors (Lipinski definition) is 6. The molecule has 0 spiro atoms. The summed E-state index contributed by atoms with van der Waals surface area (Å²) in [6.45, 7) is 0. The van der Waals surface area contributed by atoms with Crippen LogP contribution in [0, 0.1) is 20.2 Å². The number of nitro groups is 2. The summed E-state index contributed by atoms with van der Waals surface area (Å²) in [5.74, 6) is -0.797. The van der Waals surface area contributed by atoms with Crippen LogP contribution in [-0.4, -0.2) is 22.0 Å². The van der Waals surface area contributed by atoms with Gasteiger partial charge in [-0.3, -0.25) is 25.0 Å². The number of amides is 1. The third kappa shape index (κ3) is 4.86. The molecule has 0 unspecified atom stereocenters. The van der Waals surface area contributed by atoms with Crippen LogP contribution in [0.15, 0.2) is 77.9 Å². The predicted molar refractivity (Wildman–Crippen MR) is 107 cm³/mol. The van der Waals surface area contributed by atoms with E-state index in [1.54, 1.807) is 0 Å². The minimum atomic E-state index is -0.804. The number of nitrogens with zero attached hydrogens (tertiary/aromatic N) is 3. The second kappa shape index (κ2) is 8.53. The molecule has 0 saturated carbocycles. The Kier molecular flexibility index (Phi) is 5.69. The molecule has 9 heteroatoms. The monoisotopic (exact) mass is 390 g/mol. The fraction of sp³-hybridized carbons (Fsp3) is 0. The molecule has 0 bridgehead atoms. The molecule has 0 aliphatic carbocycles. The van der Waals surface area contributed by atoms with Crippen LogP contribution in [0.4, 0.5) is 11.4 Å². The number of carbonyl (C=O) groups is 1. The van der Waals surface area contributed by atoms with E-state index in [1.165, 1.54) is 6.21 Å². The molecule has 0 aromatic heterocycles.